The van der Waals surface area contributed by atoms with Crippen molar-refractivity contribution in [1.29, 1.82) is 0 Å². The Balaban J connectivity index is 2.10. The fraction of sp³-hybridized carbons (Fsp3) is 1.00. The summed E-state index contributed by atoms with van der Waals surface area (Å²) in [5.41, 5.74) is 0. The lowest BCUT2D eigenvalue weighted by Gasteiger charge is -2.23. The highest BCUT2D eigenvalue weighted by molar-refractivity contribution is 4.74. The van der Waals surface area contributed by atoms with E-state index in [9.17, 15) is 0 Å². The molecule has 1 fully saturated rings. The normalized spacial score (nSPS) is 18.6. The first-order valence-corrected chi connectivity index (χ1v) is 10.1. The van der Waals surface area contributed by atoms with Gasteiger partial charge in [-0.15, -0.1) is 0 Å². The van der Waals surface area contributed by atoms with Crippen LogP contribution in [-0.4, -0.2) is 12.6 Å². The van der Waals surface area contributed by atoms with Crippen LogP contribution in [0.5, 0.6) is 0 Å². The monoisotopic (exact) mass is 295 g/mol. The Morgan fingerprint density at radius 2 is 1.43 bits per heavy atom. The van der Waals surface area contributed by atoms with Gasteiger partial charge in [-0.2, -0.15) is 0 Å². The van der Waals surface area contributed by atoms with Gasteiger partial charge in [0, 0.05) is 6.04 Å². The van der Waals surface area contributed by atoms with E-state index in [0.29, 0.717) is 0 Å². The minimum atomic E-state index is 0.800. The van der Waals surface area contributed by atoms with Crippen molar-refractivity contribution in [3.63, 3.8) is 0 Å². The summed E-state index contributed by atoms with van der Waals surface area (Å²) in [5, 5.41) is 3.76. The largest absolute Gasteiger partial charge is 0.314 e. The molecule has 0 aromatic heterocycles. The number of unbranched alkanes of at least 4 members (excludes halogenated alkanes) is 6. The quantitative estimate of drug-likeness (QED) is 0.321. The zero-order valence-electron chi connectivity index (χ0n) is 15.0. The van der Waals surface area contributed by atoms with Crippen molar-refractivity contribution in [2.45, 2.75) is 116 Å². The zero-order valence-corrected chi connectivity index (χ0v) is 15.0. The van der Waals surface area contributed by atoms with Crippen LogP contribution in [0.1, 0.15) is 110 Å². The van der Waals surface area contributed by atoms with Crippen LogP contribution in [0.4, 0.5) is 0 Å². The van der Waals surface area contributed by atoms with Crippen molar-refractivity contribution in [2.24, 2.45) is 5.92 Å². The lowest BCUT2D eigenvalue weighted by atomic mass is 9.90. The molecule has 21 heavy (non-hydrogen) atoms. The lowest BCUT2D eigenvalue weighted by molar-refractivity contribution is 0.335. The Morgan fingerprint density at radius 1 is 0.810 bits per heavy atom. The molecule has 0 saturated heterocycles. The van der Waals surface area contributed by atoms with Gasteiger partial charge in [0.25, 0.3) is 0 Å². The van der Waals surface area contributed by atoms with Gasteiger partial charge in [0.1, 0.15) is 0 Å². The molecule has 1 N–H and O–H groups in total. The smallest absolute Gasteiger partial charge is 0.00695 e. The molecule has 1 saturated carbocycles. The van der Waals surface area contributed by atoms with Gasteiger partial charge >= 0.3 is 0 Å². The second-order valence-electron chi connectivity index (χ2n) is 7.26. The molecule has 1 nitrogen and oxygen atoms in total. The molecule has 1 atom stereocenters. The van der Waals surface area contributed by atoms with Gasteiger partial charge in [0.2, 0.25) is 0 Å². The van der Waals surface area contributed by atoms with Gasteiger partial charge in [-0.05, 0) is 25.3 Å². The first kappa shape index (κ1) is 19.0. The minimum Gasteiger partial charge on any atom is -0.314 e. The number of nitrogens with one attached hydrogen (secondary N) is 1. The van der Waals surface area contributed by atoms with Crippen LogP contribution in [0.25, 0.3) is 0 Å². The molecule has 0 spiro atoms. The van der Waals surface area contributed by atoms with E-state index < -0.39 is 0 Å². The van der Waals surface area contributed by atoms with Crippen molar-refractivity contribution in [2.75, 3.05) is 6.54 Å². The third-order valence-electron chi connectivity index (χ3n) is 5.24. The van der Waals surface area contributed by atoms with Crippen molar-refractivity contribution in [3.05, 3.63) is 0 Å². The topological polar surface area (TPSA) is 12.0 Å². The van der Waals surface area contributed by atoms with E-state index in [1.807, 2.05) is 0 Å². The molecule has 0 heterocycles. The Kier molecular flexibility index (Phi) is 12.3. The molecular weight excluding hydrogens is 254 g/mol. The summed E-state index contributed by atoms with van der Waals surface area (Å²) in [4.78, 5) is 0. The number of hydrogen-bond donors (Lipinski definition) is 1. The van der Waals surface area contributed by atoms with Gasteiger partial charge in [-0.25, -0.2) is 0 Å². The molecule has 0 radical (unpaired) electrons. The van der Waals surface area contributed by atoms with E-state index in [1.54, 1.807) is 0 Å². The molecule has 1 aliphatic carbocycles. The SMILES string of the molecule is CCCCCCCCCC(CC1CCCCCC1)NCC. The van der Waals surface area contributed by atoms with Crippen molar-refractivity contribution >= 4 is 0 Å². The first-order valence-electron chi connectivity index (χ1n) is 10.1. The number of rotatable bonds is 12. The van der Waals surface area contributed by atoms with Crippen LogP contribution in [0.15, 0.2) is 0 Å². The third-order valence-corrected chi connectivity index (χ3v) is 5.24. The van der Waals surface area contributed by atoms with Crippen molar-refractivity contribution in [1.82, 2.24) is 5.32 Å². The Bertz CT molecular complexity index is 206. The van der Waals surface area contributed by atoms with Crippen LogP contribution >= 0.6 is 0 Å². The molecule has 0 aromatic rings. The predicted molar refractivity (Wildman–Crippen MR) is 95.9 cm³/mol. The second kappa shape index (κ2) is 13.6. The molecule has 1 aliphatic rings. The highest BCUT2D eigenvalue weighted by Gasteiger charge is 2.17. The number of hydrogen-bond acceptors (Lipinski definition) is 1. The van der Waals surface area contributed by atoms with Crippen molar-refractivity contribution in [3.8, 4) is 0 Å². The van der Waals surface area contributed by atoms with Crippen LogP contribution in [-0.2, 0) is 0 Å². The fourth-order valence-corrected chi connectivity index (χ4v) is 3.94. The second-order valence-corrected chi connectivity index (χ2v) is 7.26. The molecule has 0 amide bonds. The average Bonchev–Trinajstić information content (AvgIpc) is 2.75. The highest BCUT2D eigenvalue weighted by Crippen LogP contribution is 2.27. The van der Waals surface area contributed by atoms with E-state index in [0.717, 1.165) is 18.5 Å². The Morgan fingerprint density at radius 3 is 2.05 bits per heavy atom. The predicted octanol–water partition coefficient (Wildman–Crippen LogP) is 6.47. The van der Waals surface area contributed by atoms with Gasteiger partial charge in [-0.3, -0.25) is 0 Å². The van der Waals surface area contributed by atoms with Gasteiger partial charge < -0.3 is 5.32 Å². The standard InChI is InChI=1S/C20H41N/c1-3-5-6-7-8-9-14-17-20(21-4-2)18-19-15-12-10-11-13-16-19/h19-21H,3-18H2,1-2H3. The molecule has 1 rings (SSSR count). The van der Waals surface area contributed by atoms with E-state index in [4.69, 9.17) is 0 Å². The van der Waals surface area contributed by atoms with Crippen molar-refractivity contribution < 1.29 is 0 Å². The Labute approximate surface area is 134 Å². The zero-order chi connectivity index (χ0) is 15.2. The fourth-order valence-electron chi connectivity index (χ4n) is 3.94. The molecule has 1 unspecified atom stereocenters. The highest BCUT2D eigenvalue weighted by atomic mass is 14.9. The van der Waals surface area contributed by atoms with E-state index in [-0.39, 0.29) is 0 Å². The summed E-state index contributed by atoms with van der Waals surface area (Å²) in [7, 11) is 0. The van der Waals surface area contributed by atoms with Gasteiger partial charge in [0.05, 0.1) is 0 Å². The van der Waals surface area contributed by atoms with Gasteiger partial charge in [0.15, 0.2) is 0 Å². The van der Waals surface area contributed by atoms with E-state index in [2.05, 4.69) is 19.2 Å². The van der Waals surface area contributed by atoms with Crippen LogP contribution in [0, 0.1) is 5.92 Å². The lowest BCUT2D eigenvalue weighted by Crippen LogP contribution is -2.31. The summed E-state index contributed by atoms with van der Waals surface area (Å²) in [6.45, 7) is 5.72. The van der Waals surface area contributed by atoms with E-state index >= 15 is 0 Å². The summed E-state index contributed by atoms with van der Waals surface area (Å²) < 4.78 is 0. The first-order chi connectivity index (χ1) is 10.4. The maximum Gasteiger partial charge on any atom is 0.00695 e. The molecule has 0 aliphatic heterocycles. The molecular formula is C20H41N. The maximum atomic E-state index is 3.76. The van der Waals surface area contributed by atoms with E-state index in [1.165, 1.54) is 96.3 Å². The van der Waals surface area contributed by atoms with Crippen LogP contribution in [0.3, 0.4) is 0 Å². The molecule has 0 bridgehead atoms. The Hall–Kier alpha value is -0.0400. The summed E-state index contributed by atoms with van der Waals surface area (Å²) >= 11 is 0. The molecule has 0 aromatic carbocycles. The van der Waals surface area contributed by atoms with Crippen LogP contribution in [0.2, 0.25) is 0 Å². The summed E-state index contributed by atoms with van der Waals surface area (Å²) in [6.07, 6.45) is 21.9. The molecule has 1 heteroatoms. The average molecular weight is 296 g/mol. The summed E-state index contributed by atoms with van der Waals surface area (Å²) in [5.74, 6) is 1.01. The molecule has 126 valence electrons. The maximum absolute atomic E-state index is 3.76. The third kappa shape index (κ3) is 10.3. The van der Waals surface area contributed by atoms with Gasteiger partial charge in [-0.1, -0.05) is 97.3 Å². The summed E-state index contributed by atoms with van der Waals surface area (Å²) in [6, 6.07) is 0.800. The van der Waals surface area contributed by atoms with Crippen LogP contribution < -0.4 is 5.32 Å². The minimum absolute atomic E-state index is 0.800.